The van der Waals surface area contributed by atoms with Gasteiger partial charge in [-0.25, -0.2) is 4.98 Å². The topological polar surface area (TPSA) is 33.1 Å². The quantitative estimate of drug-likeness (QED) is 0.868. The van der Waals surface area contributed by atoms with Gasteiger partial charge >= 0.3 is 0 Å². The van der Waals surface area contributed by atoms with Crippen molar-refractivity contribution in [2.45, 2.75) is 38.0 Å². The van der Waals surface area contributed by atoms with Gasteiger partial charge in [-0.15, -0.1) is 11.3 Å². The van der Waals surface area contributed by atoms with Crippen molar-refractivity contribution in [3.63, 3.8) is 0 Å². The summed E-state index contributed by atoms with van der Waals surface area (Å²) in [7, 11) is 0. The third-order valence-electron chi connectivity index (χ3n) is 2.71. The van der Waals surface area contributed by atoms with Gasteiger partial charge in [0.05, 0.1) is 5.01 Å². The predicted octanol–water partition coefficient (Wildman–Crippen LogP) is 2.99. The van der Waals surface area contributed by atoms with Gasteiger partial charge in [0.1, 0.15) is 5.15 Å². The van der Waals surface area contributed by atoms with Crippen LogP contribution in [0.25, 0.3) is 0 Å². The van der Waals surface area contributed by atoms with E-state index < -0.39 is 0 Å². The molecule has 14 heavy (non-hydrogen) atoms. The van der Waals surface area contributed by atoms with Gasteiger partial charge in [-0.05, 0) is 12.8 Å². The van der Waals surface area contributed by atoms with Gasteiger partial charge in [-0.3, -0.25) is 0 Å². The van der Waals surface area contributed by atoms with Crippen LogP contribution in [0.4, 0.5) is 0 Å². The molecule has 78 valence electrons. The van der Waals surface area contributed by atoms with E-state index in [2.05, 4.69) is 4.98 Å². The highest BCUT2D eigenvalue weighted by Gasteiger charge is 2.21. The third kappa shape index (κ3) is 2.10. The summed E-state index contributed by atoms with van der Waals surface area (Å²) in [5, 5.41) is 10.6. The molecule has 0 aromatic carbocycles. The van der Waals surface area contributed by atoms with Gasteiger partial charge in [0.25, 0.3) is 0 Å². The summed E-state index contributed by atoms with van der Waals surface area (Å²) in [5.41, 5.74) is 0. The fourth-order valence-electron chi connectivity index (χ4n) is 1.95. The summed E-state index contributed by atoms with van der Waals surface area (Å²) in [5.74, 6) is 0.630. The Morgan fingerprint density at radius 1 is 1.43 bits per heavy atom. The lowest BCUT2D eigenvalue weighted by Gasteiger charge is -2.01. The van der Waals surface area contributed by atoms with Gasteiger partial charge in [0, 0.05) is 23.8 Å². The van der Waals surface area contributed by atoms with E-state index in [1.54, 1.807) is 11.3 Å². The molecule has 0 amide bonds. The fourth-order valence-corrected chi connectivity index (χ4v) is 3.42. The molecule has 1 aliphatic carbocycles. The van der Waals surface area contributed by atoms with Crippen LogP contribution in [0.1, 0.15) is 41.5 Å². The van der Waals surface area contributed by atoms with Crippen LogP contribution in [-0.4, -0.2) is 16.7 Å². The minimum absolute atomic E-state index is 0.159. The molecule has 0 spiro atoms. The van der Waals surface area contributed by atoms with Crippen molar-refractivity contribution >= 4 is 22.9 Å². The molecule has 1 N–H and O–H groups in total. The van der Waals surface area contributed by atoms with Gasteiger partial charge in [-0.1, -0.05) is 24.4 Å². The molecule has 0 aliphatic heterocycles. The number of thiazole rings is 1. The molecular weight excluding hydrogens is 218 g/mol. The summed E-state index contributed by atoms with van der Waals surface area (Å²) in [4.78, 5) is 5.42. The number of aromatic nitrogens is 1. The number of halogens is 1. The van der Waals surface area contributed by atoms with Gasteiger partial charge in [-0.2, -0.15) is 0 Å². The Kier molecular flexibility index (Phi) is 3.42. The van der Waals surface area contributed by atoms with Crippen LogP contribution in [0.3, 0.4) is 0 Å². The van der Waals surface area contributed by atoms with Crippen LogP contribution >= 0.6 is 22.9 Å². The molecule has 4 heteroatoms. The lowest BCUT2D eigenvalue weighted by Crippen LogP contribution is -1.89. The van der Waals surface area contributed by atoms with E-state index in [1.165, 1.54) is 30.7 Å². The SMILES string of the molecule is OCCc1sc(C2CCCC2)nc1Cl. The maximum Gasteiger partial charge on any atom is 0.143 e. The highest BCUT2D eigenvalue weighted by Crippen LogP contribution is 2.38. The van der Waals surface area contributed by atoms with Gasteiger partial charge in [0.15, 0.2) is 0 Å². The van der Waals surface area contributed by atoms with Crippen LogP contribution in [0.5, 0.6) is 0 Å². The number of nitrogens with zero attached hydrogens (tertiary/aromatic N) is 1. The Morgan fingerprint density at radius 3 is 2.79 bits per heavy atom. The summed E-state index contributed by atoms with van der Waals surface area (Å²) in [6.45, 7) is 0.159. The van der Waals surface area contributed by atoms with Crippen LogP contribution < -0.4 is 0 Å². The van der Waals surface area contributed by atoms with Crippen molar-refractivity contribution in [2.75, 3.05) is 6.61 Å². The maximum atomic E-state index is 8.84. The monoisotopic (exact) mass is 231 g/mol. The van der Waals surface area contributed by atoms with Crippen LogP contribution in [0.2, 0.25) is 5.15 Å². The molecule has 2 rings (SSSR count). The Morgan fingerprint density at radius 2 is 2.14 bits per heavy atom. The Hall–Kier alpha value is -0.120. The molecule has 0 unspecified atom stereocenters. The van der Waals surface area contributed by atoms with E-state index in [1.807, 2.05) is 0 Å². The highest BCUT2D eigenvalue weighted by molar-refractivity contribution is 7.12. The minimum Gasteiger partial charge on any atom is -0.396 e. The van der Waals surface area contributed by atoms with E-state index in [4.69, 9.17) is 16.7 Å². The molecule has 0 atom stereocenters. The molecule has 0 radical (unpaired) electrons. The molecular formula is C10H14ClNOS. The van der Waals surface area contributed by atoms with Crippen molar-refractivity contribution in [1.29, 1.82) is 0 Å². The number of rotatable bonds is 3. The molecule has 1 aromatic rings. The lowest BCUT2D eigenvalue weighted by atomic mass is 10.1. The maximum absolute atomic E-state index is 8.84. The Labute approximate surface area is 92.9 Å². The first-order valence-electron chi connectivity index (χ1n) is 5.07. The first kappa shape index (κ1) is 10.4. The zero-order chi connectivity index (χ0) is 9.97. The normalized spacial score (nSPS) is 17.9. The number of aliphatic hydroxyl groups is 1. The van der Waals surface area contributed by atoms with Crippen molar-refractivity contribution in [3.8, 4) is 0 Å². The number of aliphatic hydroxyl groups excluding tert-OH is 1. The van der Waals surface area contributed by atoms with Gasteiger partial charge < -0.3 is 5.11 Å². The predicted molar refractivity (Wildman–Crippen MR) is 59.1 cm³/mol. The molecule has 1 aromatic heterocycles. The van der Waals surface area contributed by atoms with Crippen LogP contribution in [0.15, 0.2) is 0 Å². The summed E-state index contributed by atoms with van der Waals surface area (Å²) >= 11 is 7.67. The second-order valence-electron chi connectivity index (χ2n) is 3.72. The van der Waals surface area contributed by atoms with Crippen molar-refractivity contribution < 1.29 is 5.11 Å². The van der Waals surface area contributed by atoms with Crippen molar-refractivity contribution in [1.82, 2.24) is 4.98 Å². The van der Waals surface area contributed by atoms with Crippen LogP contribution in [0, 0.1) is 0 Å². The van der Waals surface area contributed by atoms with Crippen LogP contribution in [-0.2, 0) is 6.42 Å². The van der Waals surface area contributed by atoms with E-state index in [-0.39, 0.29) is 6.61 Å². The molecule has 0 saturated heterocycles. The van der Waals surface area contributed by atoms with Crippen molar-refractivity contribution in [2.24, 2.45) is 0 Å². The van der Waals surface area contributed by atoms with E-state index in [9.17, 15) is 0 Å². The number of hydrogen-bond donors (Lipinski definition) is 1. The standard InChI is InChI=1S/C10H14ClNOS/c11-9-8(5-6-13)14-10(12-9)7-3-1-2-4-7/h7,13H,1-6H2. The molecule has 0 bridgehead atoms. The molecule has 1 aliphatic rings. The molecule has 1 heterocycles. The average molecular weight is 232 g/mol. The van der Waals surface area contributed by atoms with E-state index in [0.29, 0.717) is 17.5 Å². The zero-order valence-electron chi connectivity index (χ0n) is 8.00. The second kappa shape index (κ2) is 4.60. The minimum atomic E-state index is 0.159. The first-order chi connectivity index (χ1) is 6.81. The summed E-state index contributed by atoms with van der Waals surface area (Å²) < 4.78 is 0. The molecule has 1 saturated carbocycles. The second-order valence-corrected chi connectivity index (χ2v) is 5.19. The fraction of sp³-hybridized carbons (Fsp3) is 0.700. The van der Waals surface area contributed by atoms with E-state index in [0.717, 1.165) is 4.88 Å². The molecule has 1 fully saturated rings. The lowest BCUT2D eigenvalue weighted by molar-refractivity contribution is 0.300. The third-order valence-corrected chi connectivity index (χ3v) is 4.41. The Bertz CT molecular complexity index is 307. The largest absolute Gasteiger partial charge is 0.396 e. The van der Waals surface area contributed by atoms with E-state index >= 15 is 0 Å². The number of hydrogen-bond acceptors (Lipinski definition) is 3. The Balaban J connectivity index is 2.14. The summed E-state index contributed by atoms with van der Waals surface area (Å²) in [6, 6.07) is 0. The highest BCUT2D eigenvalue weighted by atomic mass is 35.5. The summed E-state index contributed by atoms with van der Waals surface area (Å²) in [6.07, 6.45) is 5.78. The van der Waals surface area contributed by atoms with Crippen molar-refractivity contribution in [3.05, 3.63) is 15.0 Å². The zero-order valence-corrected chi connectivity index (χ0v) is 9.57. The van der Waals surface area contributed by atoms with Gasteiger partial charge in [0.2, 0.25) is 0 Å². The first-order valence-corrected chi connectivity index (χ1v) is 6.26. The smallest absolute Gasteiger partial charge is 0.143 e. The average Bonchev–Trinajstić information content (AvgIpc) is 2.76. The molecule has 2 nitrogen and oxygen atoms in total.